The number of sulfonamides is 1. The van der Waals surface area contributed by atoms with Gasteiger partial charge in [-0.1, -0.05) is 6.07 Å². The predicted octanol–water partition coefficient (Wildman–Crippen LogP) is 6.02. The number of hydrogen-bond donors (Lipinski definition) is 3. The smallest absolute Gasteiger partial charge is 0.418 e. The Morgan fingerprint density at radius 1 is 1.08 bits per heavy atom. The van der Waals surface area contributed by atoms with Crippen LogP contribution in [-0.4, -0.2) is 21.4 Å². The Morgan fingerprint density at radius 3 is 2.38 bits per heavy atom. The number of furan rings is 1. The van der Waals surface area contributed by atoms with Gasteiger partial charge in [0.15, 0.2) is 0 Å². The second-order valence-electron chi connectivity index (χ2n) is 9.38. The lowest BCUT2D eigenvalue weighted by atomic mass is 10.0. The summed E-state index contributed by atoms with van der Waals surface area (Å²) in [5.74, 6) is -1.41. The van der Waals surface area contributed by atoms with E-state index in [0.717, 1.165) is 25.0 Å². The lowest BCUT2D eigenvalue weighted by Crippen LogP contribution is -2.18. The van der Waals surface area contributed by atoms with E-state index < -0.39 is 44.9 Å². The molecule has 0 radical (unpaired) electrons. The molecular weight excluding hydrogens is 538 g/mol. The number of hydrogen-bond acceptors (Lipinski definition) is 5. The van der Waals surface area contributed by atoms with Gasteiger partial charge in [-0.2, -0.15) is 13.2 Å². The summed E-state index contributed by atoms with van der Waals surface area (Å²) >= 11 is 0. The van der Waals surface area contributed by atoms with Gasteiger partial charge in [0.05, 0.1) is 22.6 Å². The zero-order valence-electron chi connectivity index (χ0n) is 20.5. The molecule has 0 unspecified atom stereocenters. The molecular formula is C27H23F4N3O4S. The first-order valence-electron chi connectivity index (χ1n) is 11.9. The van der Waals surface area contributed by atoms with E-state index in [4.69, 9.17) is 10.2 Å². The minimum absolute atomic E-state index is 0.0298. The first-order valence-corrected chi connectivity index (χ1v) is 13.6. The van der Waals surface area contributed by atoms with Crippen LogP contribution >= 0.6 is 0 Å². The summed E-state index contributed by atoms with van der Waals surface area (Å²) in [5.41, 5.74) is 5.45. The number of nitrogen functional groups attached to an aromatic ring is 1. The molecule has 12 heteroatoms. The molecule has 4 aromatic rings. The van der Waals surface area contributed by atoms with Crippen LogP contribution in [0.2, 0.25) is 0 Å². The number of rotatable bonds is 7. The Hall–Kier alpha value is -4.06. The van der Waals surface area contributed by atoms with Gasteiger partial charge in [0.2, 0.25) is 10.0 Å². The largest absolute Gasteiger partial charge is 0.455 e. The summed E-state index contributed by atoms with van der Waals surface area (Å²) in [6.45, 7) is 0. The minimum Gasteiger partial charge on any atom is -0.455 e. The number of nitrogens with two attached hydrogens (primary N) is 1. The number of benzene rings is 3. The monoisotopic (exact) mass is 561 g/mol. The van der Waals surface area contributed by atoms with Crippen molar-refractivity contribution < 1.29 is 35.2 Å². The Balaban J connectivity index is 1.56. The third kappa shape index (κ3) is 5.42. The first-order chi connectivity index (χ1) is 18.4. The van der Waals surface area contributed by atoms with Gasteiger partial charge in [0.1, 0.15) is 17.2 Å². The fourth-order valence-corrected chi connectivity index (χ4v) is 5.70. The van der Waals surface area contributed by atoms with Crippen LogP contribution in [0.3, 0.4) is 0 Å². The molecule has 204 valence electrons. The number of carbonyl (C=O) groups is 1. The van der Waals surface area contributed by atoms with Gasteiger partial charge >= 0.3 is 6.18 Å². The van der Waals surface area contributed by atoms with Crippen molar-refractivity contribution in [1.82, 2.24) is 5.32 Å². The maximum absolute atomic E-state index is 13.5. The van der Waals surface area contributed by atoms with E-state index >= 15 is 0 Å². The van der Waals surface area contributed by atoms with Gasteiger partial charge in [0.25, 0.3) is 5.91 Å². The second-order valence-corrected chi connectivity index (χ2v) is 11.1. The Labute approximate surface area is 221 Å². The van der Waals surface area contributed by atoms with E-state index in [0.29, 0.717) is 16.5 Å². The van der Waals surface area contributed by atoms with Gasteiger partial charge < -0.3 is 15.5 Å². The Morgan fingerprint density at radius 2 is 1.77 bits per heavy atom. The van der Waals surface area contributed by atoms with E-state index in [2.05, 4.69) is 10.0 Å². The number of carbonyl (C=O) groups excluding carboxylic acids is 1. The average molecular weight is 562 g/mol. The van der Waals surface area contributed by atoms with Crippen LogP contribution < -0.4 is 15.8 Å². The van der Waals surface area contributed by atoms with Gasteiger partial charge in [0, 0.05) is 29.8 Å². The standard InChI is InChI=1S/C27H23F4N3O4S/c1-33-26(35)24-19-11-18(15-3-4-15)22(12-23(19)38-25(24)16-5-7-17(28)8-6-16)34-39(36,37)13-14-2-9-21(32)20(10-14)27(29,30)31/h2,5-12,15,34H,3-4,13,32H2,1H3,(H,33,35). The zero-order chi connectivity index (χ0) is 28.1. The van der Waals surface area contributed by atoms with Gasteiger partial charge in [-0.15, -0.1) is 0 Å². The average Bonchev–Trinajstić information content (AvgIpc) is 3.64. The van der Waals surface area contributed by atoms with Crippen molar-refractivity contribution in [1.29, 1.82) is 0 Å². The molecule has 1 aromatic heterocycles. The number of fused-ring (bicyclic) bond motifs is 1. The molecule has 1 aliphatic carbocycles. The molecule has 1 aliphatic rings. The highest BCUT2D eigenvalue weighted by molar-refractivity contribution is 7.91. The summed E-state index contributed by atoms with van der Waals surface area (Å²) in [7, 11) is -2.70. The van der Waals surface area contributed by atoms with Crippen LogP contribution in [0.4, 0.5) is 28.9 Å². The highest BCUT2D eigenvalue weighted by Gasteiger charge is 2.34. The van der Waals surface area contributed by atoms with Crippen LogP contribution in [0.15, 0.2) is 59.0 Å². The molecule has 1 heterocycles. The fraction of sp³-hybridized carbons (Fsp3) is 0.222. The lowest BCUT2D eigenvalue weighted by Gasteiger charge is -2.15. The van der Waals surface area contributed by atoms with Crippen LogP contribution in [0.1, 0.15) is 45.8 Å². The van der Waals surface area contributed by atoms with Gasteiger partial charge in [-0.25, -0.2) is 12.8 Å². The fourth-order valence-electron chi connectivity index (χ4n) is 4.50. The molecule has 5 rings (SSSR count). The van der Waals surface area contributed by atoms with E-state index in [9.17, 15) is 30.8 Å². The van der Waals surface area contributed by atoms with Crippen molar-refractivity contribution >= 4 is 38.3 Å². The molecule has 3 aromatic carbocycles. The SMILES string of the molecule is CNC(=O)c1c(-c2ccc(F)cc2)oc2cc(NS(=O)(=O)Cc3ccc(N)c(C(F)(F)F)c3)c(C3CC3)cc12. The van der Waals surface area contributed by atoms with Crippen molar-refractivity contribution in [3.8, 4) is 11.3 Å². The van der Waals surface area contributed by atoms with Crippen molar-refractivity contribution in [3.05, 3.63) is 82.7 Å². The lowest BCUT2D eigenvalue weighted by molar-refractivity contribution is -0.136. The highest BCUT2D eigenvalue weighted by Crippen LogP contribution is 2.47. The third-order valence-electron chi connectivity index (χ3n) is 6.48. The van der Waals surface area contributed by atoms with Crippen LogP contribution in [0.25, 0.3) is 22.3 Å². The molecule has 4 N–H and O–H groups in total. The van der Waals surface area contributed by atoms with Crippen molar-refractivity contribution in [2.45, 2.75) is 30.7 Å². The summed E-state index contributed by atoms with van der Waals surface area (Å²) in [6, 6.07) is 11.5. The maximum atomic E-state index is 13.5. The molecule has 0 saturated heterocycles. The second kappa shape index (κ2) is 9.60. The number of alkyl halides is 3. The Bertz CT molecular complexity index is 1690. The maximum Gasteiger partial charge on any atom is 0.418 e. The van der Waals surface area contributed by atoms with Gasteiger partial charge in [-0.3, -0.25) is 9.52 Å². The molecule has 0 bridgehead atoms. The third-order valence-corrected chi connectivity index (χ3v) is 7.73. The molecule has 1 fully saturated rings. The van der Waals surface area contributed by atoms with Crippen molar-refractivity contribution in [3.63, 3.8) is 0 Å². The quantitative estimate of drug-likeness (QED) is 0.189. The summed E-state index contributed by atoms with van der Waals surface area (Å²) in [5, 5.41) is 3.02. The summed E-state index contributed by atoms with van der Waals surface area (Å²) in [4.78, 5) is 12.8. The predicted molar refractivity (Wildman–Crippen MR) is 139 cm³/mol. The van der Waals surface area contributed by atoms with E-state index in [1.807, 2.05) is 0 Å². The van der Waals surface area contributed by atoms with Crippen LogP contribution in [-0.2, 0) is 22.0 Å². The minimum atomic E-state index is -4.73. The molecule has 0 atom stereocenters. The topological polar surface area (TPSA) is 114 Å². The zero-order valence-corrected chi connectivity index (χ0v) is 21.3. The highest BCUT2D eigenvalue weighted by atomic mass is 32.2. The van der Waals surface area contributed by atoms with Crippen molar-refractivity contribution in [2.24, 2.45) is 0 Å². The number of nitrogens with one attached hydrogen (secondary N) is 2. The summed E-state index contributed by atoms with van der Waals surface area (Å²) in [6.07, 6.45) is -3.14. The van der Waals surface area contributed by atoms with E-state index in [1.54, 1.807) is 6.07 Å². The molecule has 1 amide bonds. The Kier molecular flexibility index (Phi) is 6.53. The van der Waals surface area contributed by atoms with Crippen molar-refractivity contribution in [2.75, 3.05) is 17.5 Å². The molecule has 0 aliphatic heterocycles. The number of halogens is 4. The normalized spacial score (nSPS) is 14.0. The number of amides is 1. The molecule has 0 spiro atoms. The summed E-state index contributed by atoms with van der Waals surface area (Å²) < 4.78 is 87.9. The van der Waals surface area contributed by atoms with Crippen LogP contribution in [0.5, 0.6) is 0 Å². The van der Waals surface area contributed by atoms with E-state index in [1.165, 1.54) is 43.4 Å². The molecule has 1 saturated carbocycles. The number of anilines is 2. The van der Waals surface area contributed by atoms with E-state index in [-0.39, 0.29) is 34.1 Å². The first kappa shape index (κ1) is 26.5. The van der Waals surface area contributed by atoms with Crippen LogP contribution in [0, 0.1) is 5.82 Å². The molecule has 7 nitrogen and oxygen atoms in total. The molecule has 39 heavy (non-hydrogen) atoms. The van der Waals surface area contributed by atoms with Gasteiger partial charge in [-0.05, 0) is 72.4 Å².